The Bertz CT molecular complexity index is 1150. The van der Waals surface area contributed by atoms with E-state index < -0.39 is 0 Å². The first-order valence-electron chi connectivity index (χ1n) is 9.19. The zero-order chi connectivity index (χ0) is 20.2. The molecule has 4 rings (SSSR count). The Morgan fingerprint density at radius 1 is 1.03 bits per heavy atom. The van der Waals surface area contributed by atoms with E-state index in [9.17, 15) is 9.59 Å². The Hall–Kier alpha value is -3.38. The van der Waals surface area contributed by atoms with Crippen LogP contribution in [-0.4, -0.2) is 23.6 Å². The first-order valence-corrected chi connectivity index (χ1v) is 10.0. The van der Waals surface area contributed by atoms with Gasteiger partial charge in [-0.15, -0.1) is 0 Å². The van der Waals surface area contributed by atoms with Crippen molar-refractivity contribution in [2.75, 3.05) is 6.61 Å². The molecule has 2 amide bonds. The highest BCUT2D eigenvalue weighted by Gasteiger charge is 2.25. The lowest BCUT2D eigenvalue weighted by atomic mass is 10.0. The van der Waals surface area contributed by atoms with Crippen molar-refractivity contribution in [3.63, 3.8) is 0 Å². The maximum Gasteiger partial charge on any atom is 0.279 e. The van der Waals surface area contributed by atoms with E-state index in [1.54, 1.807) is 24.3 Å². The minimum Gasteiger partial charge on any atom is -0.493 e. The standard InChI is InChI=1S/C23H18N2O3S/c1-2-28-19-13-12-16(17-10-6-7-11-18(17)19)14-20-22(27)25-23(29-20)24-21(26)15-8-4-3-5-9-15/h3-14H,2H2,1H3,(H,24,25,26,27)/b20-14-. The van der Waals surface area contributed by atoms with Crippen LogP contribution in [0.5, 0.6) is 5.75 Å². The lowest BCUT2D eigenvalue weighted by molar-refractivity contribution is -0.115. The molecular weight excluding hydrogens is 384 g/mol. The number of amides is 2. The number of carbonyl (C=O) groups excluding carboxylic acids is 2. The molecule has 5 nitrogen and oxygen atoms in total. The van der Waals surface area contributed by atoms with Gasteiger partial charge < -0.3 is 10.1 Å². The fourth-order valence-corrected chi connectivity index (χ4v) is 3.87. The minimum atomic E-state index is -0.388. The third-order valence-corrected chi connectivity index (χ3v) is 5.29. The average Bonchev–Trinajstić information content (AvgIpc) is 3.09. The Kier molecular flexibility index (Phi) is 5.44. The second-order valence-corrected chi connectivity index (χ2v) is 7.32. The molecule has 0 bridgehead atoms. The van der Waals surface area contributed by atoms with Gasteiger partial charge in [-0.1, -0.05) is 48.5 Å². The van der Waals surface area contributed by atoms with Crippen LogP contribution in [0, 0.1) is 0 Å². The van der Waals surface area contributed by atoms with Crippen LogP contribution in [0.1, 0.15) is 22.8 Å². The Morgan fingerprint density at radius 3 is 2.52 bits per heavy atom. The molecule has 6 heteroatoms. The van der Waals surface area contributed by atoms with Crippen LogP contribution < -0.4 is 10.1 Å². The summed E-state index contributed by atoms with van der Waals surface area (Å²) < 4.78 is 5.71. The number of hydrogen-bond acceptors (Lipinski definition) is 4. The van der Waals surface area contributed by atoms with Crippen molar-refractivity contribution in [1.29, 1.82) is 0 Å². The van der Waals surface area contributed by atoms with E-state index in [1.807, 2.05) is 55.5 Å². The third-order valence-electron chi connectivity index (χ3n) is 4.38. The molecule has 3 aromatic rings. The summed E-state index contributed by atoms with van der Waals surface area (Å²) in [5, 5.41) is 4.92. The SMILES string of the molecule is CCOc1ccc(/C=C2\SC(=NC(=O)c3ccccc3)NC2=O)c2ccccc12. The van der Waals surface area contributed by atoms with E-state index in [-0.39, 0.29) is 17.0 Å². The van der Waals surface area contributed by atoms with Gasteiger partial charge in [0.1, 0.15) is 5.75 Å². The zero-order valence-corrected chi connectivity index (χ0v) is 16.5. The average molecular weight is 402 g/mol. The van der Waals surface area contributed by atoms with Crippen molar-refractivity contribution in [1.82, 2.24) is 5.32 Å². The van der Waals surface area contributed by atoms with E-state index in [4.69, 9.17) is 4.74 Å². The maximum absolute atomic E-state index is 12.4. The lowest BCUT2D eigenvalue weighted by Crippen LogP contribution is -2.20. The molecule has 0 aromatic heterocycles. The van der Waals surface area contributed by atoms with Crippen LogP contribution in [-0.2, 0) is 4.79 Å². The Morgan fingerprint density at radius 2 is 1.76 bits per heavy atom. The van der Waals surface area contributed by atoms with E-state index in [0.717, 1.165) is 33.8 Å². The number of amidine groups is 1. The third kappa shape index (κ3) is 4.07. The smallest absolute Gasteiger partial charge is 0.279 e. The number of rotatable bonds is 4. The topological polar surface area (TPSA) is 67.8 Å². The van der Waals surface area contributed by atoms with E-state index in [1.165, 1.54) is 0 Å². The maximum atomic E-state index is 12.4. The molecule has 1 N–H and O–H groups in total. The van der Waals surface area contributed by atoms with Crippen LogP contribution in [0.2, 0.25) is 0 Å². The lowest BCUT2D eigenvalue weighted by Gasteiger charge is -2.09. The number of nitrogens with zero attached hydrogens (tertiary/aromatic N) is 1. The molecule has 0 radical (unpaired) electrons. The van der Waals surface area contributed by atoms with Crippen molar-refractivity contribution in [3.8, 4) is 5.75 Å². The van der Waals surface area contributed by atoms with Gasteiger partial charge in [0, 0.05) is 10.9 Å². The number of thioether (sulfide) groups is 1. The van der Waals surface area contributed by atoms with Crippen molar-refractivity contribution < 1.29 is 14.3 Å². The molecule has 0 saturated carbocycles. The summed E-state index contributed by atoms with van der Waals surface area (Å²) in [6, 6.07) is 20.5. The van der Waals surface area contributed by atoms with Crippen molar-refractivity contribution >= 4 is 45.6 Å². The summed E-state index contributed by atoms with van der Waals surface area (Å²) in [7, 11) is 0. The van der Waals surface area contributed by atoms with Crippen molar-refractivity contribution in [3.05, 3.63) is 82.8 Å². The Balaban J connectivity index is 1.64. The van der Waals surface area contributed by atoms with Crippen LogP contribution >= 0.6 is 11.8 Å². The van der Waals surface area contributed by atoms with Gasteiger partial charge in [0.2, 0.25) is 0 Å². The molecule has 0 atom stereocenters. The summed E-state index contributed by atoms with van der Waals surface area (Å²) in [4.78, 5) is 29.2. The summed E-state index contributed by atoms with van der Waals surface area (Å²) in [6.07, 6.45) is 1.81. The monoisotopic (exact) mass is 402 g/mol. The Labute approximate surface area is 172 Å². The fourth-order valence-electron chi connectivity index (χ4n) is 3.06. The number of ether oxygens (including phenoxy) is 1. The van der Waals surface area contributed by atoms with Gasteiger partial charge in [-0.05, 0) is 53.9 Å². The molecule has 1 aliphatic heterocycles. The van der Waals surface area contributed by atoms with Crippen LogP contribution in [0.15, 0.2) is 76.6 Å². The van der Waals surface area contributed by atoms with Gasteiger partial charge in [-0.3, -0.25) is 9.59 Å². The summed E-state index contributed by atoms with van der Waals surface area (Å²) >= 11 is 1.16. The van der Waals surface area contributed by atoms with Gasteiger partial charge in [0.05, 0.1) is 11.5 Å². The molecule has 0 spiro atoms. The number of nitrogens with one attached hydrogen (secondary N) is 1. The molecule has 29 heavy (non-hydrogen) atoms. The zero-order valence-electron chi connectivity index (χ0n) is 15.7. The highest BCUT2D eigenvalue weighted by Crippen LogP contribution is 2.32. The molecule has 1 heterocycles. The molecule has 1 fully saturated rings. The molecular formula is C23H18N2O3S. The second-order valence-electron chi connectivity index (χ2n) is 6.28. The fraction of sp³-hybridized carbons (Fsp3) is 0.0870. The highest BCUT2D eigenvalue weighted by molar-refractivity contribution is 8.18. The predicted molar refractivity (Wildman–Crippen MR) is 117 cm³/mol. The van der Waals surface area contributed by atoms with Gasteiger partial charge in [0.15, 0.2) is 5.17 Å². The molecule has 1 aliphatic rings. The first kappa shape index (κ1) is 19.0. The predicted octanol–water partition coefficient (Wildman–Crippen LogP) is 4.64. The van der Waals surface area contributed by atoms with Crippen molar-refractivity contribution in [2.24, 2.45) is 4.99 Å². The van der Waals surface area contributed by atoms with Crippen LogP contribution in [0.25, 0.3) is 16.8 Å². The number of aliphatic imine (C=N–C) groups is 1. The quantitative estimate of drug-likeness (QED) is 0.646. The molecule has 1 saturated heterocycles. The number of carbonyl (C=O) groups is 2. The molecule has 3 aromatic carbocycles. The van der Waals surface area contributed by atoms with Gasteiger partial charge in [0.25, 0.3) is 11.8 Å². The molecule has 0 unspecified atom stereocenters. The second kappa shape index (κ2) is 8.32. The number of benzene rings is 3. The first-order chi connectivity index (χ1) is 14.2. The van der Waals surface area contributed by atoms with Crippen molar-refractivity contribution in [2.45, 2.75) is 6.92 Å². The normalized spacial score (nSPS) is 16.4. The molecule has 144 valence electrons. The van der Waals surface area contributed by atoms with Crippen LogP contribution in [0.4, 0.5) is 0 Å². The van der Waals surface area contributed by atoms with Gasteiger partial charge in [-0.25, -0.2) is 0 Å². The highest BCUT2D eigenvalue weighted by atomic mass is 32.2. The number of hydrogen-bond donors (Lipinski definition) is 1. The van der Waals surface area contributed by atoms with E-state index in [2.05, 4.69) is 10.3 Å². The summed E-state index contributed by atoms with van der Waals surface area (Å²) in [6.45, 7) is 2.53. The van der Waals surface area contributed by atoms with E-state index in [0.29, 0.717) is 17.1 Å². The van der Waals surface area contributed by atoms with Gasteiger partial charge >= 0.3 is 0 Å². The molecule has 0 aliphatic carbocycles. The van der Waals surface area contributed by atoms with E-state index >= 15 is 0 Å². The summed E-state index contributed by atoms with van der Waals surface area (Å²) in [5.74, 6) is 0.151. The number of fused-ring (bicyclic) bond motifs is 1. The summed E-state index contributed by atoms with van der Waals surface area (Å²) in [5.41, 5.74) is 1.38. The van der Waals surface area contributed by atoms with Gasteiger partial charge in [-0.2, -0.15) is 4.99 Å². The largest absolute Gasteiger partial charge is 0.493 e. The van der Waals surface area contributed by atoms with Crippen LogP contribution in [0.3, 0.4) is 0 Å². The minimum absolute atomic E-state index is 0.271.